The number of anilines is 1. The number of rotatable bonds is 4. The molecule has 0 bridgehead atoms. The molecule has 1 amide bonds. The number of nitrogens with zero attached hydrogens (tertiary/aromatic N) is 2. The van der Waals surface area contributed by atoms with Crippen LogP contribution < -0.4 is 10.2 Å². The third kappa shape index (κ3) is 2.86. The van der Waals surface area contributed by atoms with Crippen molar-refractivity contribution in [3.05, 3.63) is 46.2 Å². The zero-order valence-corrected chi connectivity index (χ0v) is 11.9. The van der Waals surface area contributed by atoms with E-state index >= 15 is 0 Å². The van der Waals surface area contributed by atoms with Crippen LogP contribution in [0.1, 0.15) is 10.6 Å². The second-order valence-corrected chi connectivity index (χ2v) is 4.60. The first-order valence-corrected chi connectivity index (χ1v) is 6.22. The molecule has 1 N–H and O–H groups in total. The van der Waals surface area contributed by atoms with Gasteiger partial charge in [-0.15, -0.1) is 0 Å². The number of benzene rings is 1. The van der Waals surface area contributed by atoms with Gasteiger partial charge < -0.3 is 14.6 Å². The molecule has 110 valence electrons. The van der Waals surface area contributed by atoms with Crippen molar-refractivity contribution in [1.82, 2.24) is 5.32 Å². The number of non-ortho nitro benzene ring substituents is 1. The van der Waals surface area contributed by atoms with E-state index < -0.39 is 4.92 Å². The highest BCUT2D eigenvalue weighted by molar-refractivity contribution is 5.97. The van der Waals surface area contributed by atoms with Crippen LogP contribution in [0, 0.1) is 10.1 Å². The van der Waals surface area contributed by atoms with Gasteiger partial charge >= 0.3 is 0 Å². The maximum absolute atomic E-state index is 11.8. The van der Waals surface area contributed by atoms with Crippen molar-refractivity contribution in [2.75, 3.05) is 26.0 Å². The highest BCUT2D eigenvalue weighted by Gasteiger charge is 2.20. The number of amides is 1. The maximum Gasteiger partial charge on any atom is 0.288 e. The summed E-state index contributed by atoms with van der Waals surface area (Å²) in [5.41, 5.74) is 1.31. The van der Waals surface area contributed by atoms with E-state index in [1.807, 2.05) is 0 Å². The predicted molar refractivity (Wildman–Crippen MR) is 78.5 cm³/mol. The highest BCUT2D eigenvalue weighted by atomic mass is 16.6. The van der Waals surface area contributed by atoms with Gasteiger partial charge in [0.25, 0.3) is 11.6 Å². The third-order valence-electron chi connectivity index (χ3n) is 2.99. The van der Waals surface area contributed by atoms with Gasteiger partial charge in [0.05, 0.1) is 10.6 Å². The van der Waals surface area contributed by atoms with Crippen molar-refractivity contribution in [2.45, 2.75) is 0 Å². The highest BCUT2D eigenvalue weighted by Crippen LogP contribution is 2.31. The van der Waals surface area contributed by atoms with Crippen molar-refractivity contribution < 1.29 is 14.1 Å². The Kier molecular flexibility index (Phi) is 3.93. The average Bonchev–Trinajstić information content (AvgIpc) is 2.92. The molecule has 2 rings (SSSR count). The first kappa shape index (κ1) is 14.6. The molecular weight excluding hydrogens is 274 g/mol. The Hall–Kier alpha value is -2.83. The molecular formula is C14H15N3O4. The van der Waals surface area contributed by atoms with Crippen LogP contribution in [0.2, 0.25) is 0 Å². The lowest BCUT2D eigenvalue weighted by molar-refractivity contribution is -0.384. The Balaban J connectivity index is 2.44. The molecule has 0 radical (unpaired) electrons. The van der Waals surface area contributed by atoms with Gasteiger partial charge in [-0.1, -0.05) is 0 Å². The number of nitro benzene ring substituents is 1. The number of nitrogens with one attached hydrogen (secondary N) is 1. The summed E-state index contributed by atoms with van der Waals surface area (Å²) < 4.78 is 5.59. The summed E-state index contributed by atoms with van der Waals surface area (Å²) in [6.45, 7) is 0. The number of carbonyl (C=O) groups excluding carboxylic acids is 1. The summed E-state index contributed by atoms with van der Waals surface area (Å²) in [5, 5.41) is 13.2. The quantitative estimate of drug-likeness (QED) is 0.689. The first-order chi connectivity index (χ1) is 9.93. The van der Waals surface area contributed by atoms with Gasteiger partial charge in [0, 0.05) is 44.9 Å². The predicted octanol–water partition coefficient (Wildman–Crippen LogP) is 2.28. The van der Waals surface area contributed by atoms with Crippen LogP contribution in [0.5, 0.6) is 0 Å². The second-order valence-electron chi connectivity index (χ2n) is 4.60. The van der Waals surface area contributed by atoms with E-state index in [4.69, 9.17) is 4.42 Å². The molecule has 0 fully saturated rings. The molecule has 7 nitrogen and oxygen atoms in total. The van der Waals surface area contributed by atoms with Crippen LogP contribution in [-0.4, -0.2) is 32.0 Å². The van der Waals surface area contributed by atoms with E-state index in [9.17, 15) is 14.9 Å². The van der Waals surface area contributed by atoms with Gasteiger partial charge in [-0.05, 0) is 12.1 Å². The fourth-order valence-electron chi connectivity index (χ4n) is 1.88. The van der Waals surface area contributed by atoms with E-state index in [0.29, 0.717) is 17.0 Å². The fraction of sp³-hybridized carbons (Fsp3) is 0.214. The monoisotopic (exact) mass is 289 g/mol. The number of hydrogen-bond donors (Lipinski definition) is 1. The van der Waals surface area contributed by atoms with Crippen LogP contribution in [0.25, 0.3) is 11.3 Å². The molecule has 0 unspecified atom stereocenters. The Morgan fingerprint density at radius 2 is 1.90 bits per heavy atom. The van der Waals surface area contributed by atoms with Crippen molar-refractivity contribution in [2.24, 2.45) is 0 Å². The van der Waals surface area contributed by atoms with Crippen LogP contribution in [0.4, 0.5) is 11.4 Å². The lowest BCUT2D eigenvalue weighted by atomic mass is 10.1. The van der Waals surface area contributed by atoms with Gasteiger partial charge in [-0.2, -0.15) is 0 Å². The number of carbonyl (C=O) groups is 1. The van der Waals surface area contributed by atoms with Crippen molar-refractivity contribution >= 4 is 17.3 Å². The number of nitro groups is 1. The third-order valence-corrected chi connectivity index (χ3v) is 2.99. The fourth-order valence-corrected chi connectivity index (χ4v) is 1.88. The van der Waals surface area contributed by atoms with E-state index in [1.54, 1.807) is 37.2 Å². The van der Waals surface area contributed by atoms with Crippen LogP contribution >= 0.6 is 0 Å². The summed E-state index contributed by atoms with van der Waals surface area (Å²) in [6.07, 6.45) is 0. The molecule has 0 saturated carbocycles. The van der Waals surface area contributed by atoms with Crippen molar-refractivity contribution in [3.8, 4) is 11.3 Å². The van der Waals surface area contributed by atoms with Gasteiger partial charge in [-0.3, -0.25) is 14.9 Å². The molecule has 1 aromatic carbocycles. The molecule has 0 saturated heterocycles. The Labute approximate surface area is 121 Å². The molecule has 0 aliphatic carbocycles. The zero-order chi connectivity index (χ0) is 15.6. The average molecular weight is 289 g/mol. The summed E-state index contributed by atoms with van der Waals surface area (Å²) in [7, 11) is 5.13. The maximum atomic E-state index is 11.8. The van der Waals surface area contributed by atoms with E-state index in [0.717, 1.165) is 0 Å². The van der Waals surface area contributed by atoms with Crippen molar-refractivity contribution in [1.29, 1.82) is 0 Å². The molecule has 2 aromatic rings. The molecule has 7 heteroatoms. The van der Waals surface area contributed by atoms with Gasteiger partial charge in [0.2, 0.25) is 5.76 Å². The summed E-state index contributed by atoms with van der Waals surface area (Å²) in [6, 6.07) is 7.69. The summed E-state index contributed by atoms with van der Waals surface area (Å²) >= 11 is 0. The summed E-state index contributed by atoms with van der Waals surface area (Å²) in [4.78, 5) is 23.8. The zero-order valence-electron chi connectivity index (χ0n) is 11.9. The summed E-state index contributed by atoms with van der Waals surface area (Å²) in [5.74, 6) is 0.356. The molecule has 0 atom stereocenters. The minimum Gasteiger partial charge on any atom is -0.449 e. The number of hydrogen-bond acceptors (Lipinski definition) is 5. The van der Waals surface area contributed by atoms with Crippen molar-refractivity contribution in [3.63, 3.8) is 0 Å². The van der Waals surface area contributed by atoms with E-state index in [1.165, 1.54) is 19.2 Å². The second kappa shape index (κ2) is 5.66. The van der Waals surface area contributed by atoms with E-state index in [2.05, 4.69) is 5.32 Å². The molecule has 0 aliphatic rings. The molecule has 1 heterocycles. The standard InChI is InChI=1S/C14H15N3O4/c1-15-14(18)13-11(16(2)3)8-12(21-13)9-4-6-10(7-5-9)17(19)20/h4-8H,1-3H3,(H,15,18). The van der Waals surface area contributed by atoms with Gasteiger partial charge in [-0.25, -0.2) is 0 Å². The minimum absolute atomic E-state index is 0.00432. The SMILES string of the molecule is CNC(=O)c1oc(-c2ccc([N+](=O)[O-])cc2)cc1N(C)C. The van der Waals surface area contributed by atoms with Crippen LogP contribution in [0.3, 0.4) is 0 Å². The number of furan rings is 1. The molecule has 0 spiro atoms. The molecule has 1 aromatic heterocycles. The molecule has 0 aliphatic heterocycles. The topological polar surface area (TPSA) is 88.6 Å². The van der Waals surface area contributed by atoms with E-state index in [-0.39, 0.29) is 17.4 Å². The van der Waals surface area contributed by atoms with Gasteiger partial charge in [0.1, 0.15) is 5.76 Å². The minimum atomic E-state index is -0.465. The first-order valence-electron chi connectivity index (χ1n) is 6.22. The van der Waals surface area contributed by atoms with Gasteiger partial charge in [0.15, 0.2) is 0 Å². The lowest BCUT2D eigenvalue weighted by Crippen LogP contribution is -2.20. The molecule has 21 heavy (non-hydrogen) atoms. The van der Waals surface area contributed by atoms with Crippen LogP contribution in [0.15, 0.2) is 34.7 Å². The Bertz CT molecular complexity index is 674. The lowest BCUT2D eigenvalue weighted by Gasteiger charge is -2.10. The largest absolute Gasteiger partial charge is 0.449 e. The smallest absolute Gasteiger partial charge is 0.288 e. The van der Waals surface area contributed by atoms with Crippen LogP contribution in [-0.2, 0) is 0 Å². The Morgan fingerprint density at radius 3 is 2.38 bits per heavy atom. The normalized spacial score (nSPS) is 10.2. The Morgan fingerprint density at radius 1 is 1.29 bits per heavy atom.